The number of amides is 1. The van der Waals surface area contributed by atoms with E-state index >= 15 is 0 Å². The summed E-state index contributed by atoms with van der Waals surface area (Å²) in [5, 5.41) is 10.7. The summed E-state index contributed by atoms with van der Waals surface area (Å²) in [6.45, 7) is 1.68. The number of aromatic nitrogens is 2. The molecule has 1 aliphatic rings. The van der Waals surface area contributed by atoms with Gasteiger partial charge in [-0.1, -0.05) is 6.07 Å². The molecule has 3 aromatic rings. The lowest BCUT2D eigenvalue weighted by Gasteiger charge is -2.24. The maximum absolute atomic E-state index is 13.9. The van der Waals surface area contributed by atoms with Crippen molar-refractivity contribution in [1.82, 2.24) is 15.1 Å². The zero-order valence-electron chi connectivity index (χ0n) is 19.3. The predicted molar refractivity (Wildman–Crippen MR) is 130 cm³/mol. The zero-order chi connectivity index (χ0) is 23.4. The van der Waals surface area contributed by atoms with Crippen molar-refractivity contribution in [1.29, 1.82) is 0 Å². The molecule has 0 radical (unpaired) electrons. The fraction of sp³-hybridized carbons (Fsp3) is 0.333. The Morgan fingerprint density at radius 2 is 1.76 bits per heavy atom. The van der Waals surface area contributed by atoms with Gasteiger partial charge in [-0.3, -0.25) is 4.79 Å². The standard InChI is InChI=1S/C24H27FN4O4.ClH/c1-31-20-12-17(13-21(32-2)23(20)33-3)28-24(30)19-14-27-29(18-6-4-5-16(25)11-18)22(19)15-7-9-26-10-8-15;/h4-6,11-15,26H,7-10H2,1-3H3,(H,28,30);1H. The van der Waals surface area contributed by atoms with Gasteiger partial charge < -0.3 is 24.8 Å². The van der Waals surface area contributed by atoms with Gasteiger partial charge in [0.05, 0.1) is 44.5 Å². The Morgan fingerprint density at radius 3 is 2.35 bits per heavy atom. The summed E-state index contributed by atoms with van der Waals surface area (Å²) in [6.07, 6.45) is 3.24. The second-order valence-corrected chi connectivity index (χ2v) is 7.73. The Labute approximate surface area is 203 Å². The second-order valence-electron chi connectivity index (χ2n) is 7.73. The van der Waals surface area contributed by atoms with Crippen molar-refractivity contribution in [3.63, 3.8) is 0 Å². The molecule has 2 heterocycles. The van der Waals surface area contributed by atoms with Gasteiger partial charge in [-0.2, -0.15) is 5.10 Å². The lowest BCUT2D eigenvalue weighted by Crippen LogP contribution is -2.29. The number of rotatable bonds is 7. The molecule has 4 rings (SSSR count). The molecule has 2 aromatic carbocycles. The fourth-order valence-corrected chi connectivity index (χ4v) is 4.19. The first-order valence-electron chi connectivity index (χ1n) is 10.7. The van der Waals surface area contributed by atoms with Crippen molar-refractivity contribution in [3.8, 4) is 22.9 Å². The van der Waals surface area contributed by atoms with E-state index in [-0.39, 0.29) is 30.0 Å². The summed E-state index contributed by atoms with van der Waals surface area (Å²) in [4.78, 5) is 13.4. The van der Waals surface area contributed by atoms with Crippen molar-refractivity contribution in [2.24, 2.45) is 0 Å². The second kappa shape index (κ2) is 11.2. The minimum Gasteiger partial charge on any atom is -0.493 e. The van der Waals surface area contributed by atoms with Crippen LogP contribution in [-0.4, -0.2) is 50.1 Å². The van der Waals surface area contributed by atoms with Gasteiger partial charge in [-0.25, -0.2) is 9.07 Å². The molecule has 0 bridgehead atoms. The highest BCUT2D eigenvalue weighted by Gasteiger charge is 2.27. The third-order valence-corrected chi connectivity index (χ3v) is 5.75. The van der Waals surface area contributed by atoms with E-state index in [0.717, 1.165) is 31.6 Å². The maximum Gasteiger partial charge on any atom is 0.259 e. The highest BCUT2D eigenvalue weighted by Crippen LogP contribution is 2.40. The highest BCUT2D eigenvalue weighted by molar-refractivity contribution is 6.05. The molecule has 8 nitrogen and oxygen atoms in total. The molecule has 0 saturated carbocycles. The van der Waals surface area contributed by atoms with E-state index in [1.807, 2.05) is 0 Å². The Morgan fingerprint density at radius 1 is 1.09 bits per heavy atom. The fourth-order valence-electron chi connectivity index (χ4n) is 4.19. The molecule has 1 aliphatic heterocycles. The van der Waals surface area contributed by atoms with Gasteiger partial charge in [0.1, 0.15) is 5.82 Å². The quantitative estimate of drug-likeness (QED) is 0.516. The number of anilines is 1. The van der Waals surface area contributed by atoms with Gasteiger partial charge in [0.15, 0.2) is 11.5 Å². The van der Waals surface area contributed by atoms with Crippen LogP contribution in [0.15, 0.2) is 42.6 Å². The van der Waals surface area contributed by atoms with Crippen LogP contribution in [0.3, 0.4) is 0 Å². The Kier molecular flexibility index (Phi) is 8.36. The number of methoxy groups -OCH3 is 3. The summed E-state index contributed by atoms with van der Waals surface area (Å²) in [5.41, 5.74) is 2.28. The lowest BCUT2D eigenvalue weighted by atomic mass is 9.91. The third kappa shape index (κ3) is 5.10. The summed E-state index contributed by atoms with van der Waals surface area (Å²) in [7, 11) is 4.55. The first-order valence-corrected chi connectivity index (χ1v) is 10.7. The lowest BCUT2D eigenvalue weighted by molar-refractivity contribution is 0.102. The smallest absolute Gasteiger partial charge is 0.259 e. The number of halogens is 2. The Hall–Kier alpha value is -3.30. The van der Waals surface area contributed by atoms with E-state index in [1.165, 1.54) is 39.7 Å². The van der Waals surface area contributed by atoms with Gasteiger partial charge in [0, 0.05) is 23.7 Å². The first-order chi connectivity index (χ1) is 16.0. The van der Waals surface area contributed by atoms with E-state index in [0.29, 0.717) is 34.2 Å². The average Bonchev–Trinajstić information content (AvgIpc) is 3.29. The average molecular weight is 491 g/mol. The van der Waals surface area contributed by atoms with Crippen LogP contribution < -0.4 is 24.8 Å². The molecule has 0 aliphatic carbocycles. The molecule has 1 amide bonds. The molecule has 10 heteroatoms. The van der Waals surface area contributed by atoms with Crippen molar-refractivity contribution in [3.05, 3.63) is 59.7 Å². The van der Waals surface area contributed by atoms with Crippen molar-refractivity contribution < 1.29 is 23.4 Å². The van der Waals surface area contributed by atoms with E-state index < -0.39 is 0 Å². The van der Waals surface area contributed by atoms with Gasteiger partial charge in [-0.05, 0) is 44.1 Å². The normalized spacial score (nSPS) is 13.6. The van der Waals surface area contributed by atoms with Crippen LogP contribution in [0, 0.1) is 5.82 Å². The largest absolute Gasteiger partial charge is 0.493 e. The number of piperidine rings is 1. The van der Waals surface area contributed by atoms with Crippen molar-refractivity contribution in [2.75, 3.05) is 39.7 Å². The minimum absolute atomic E-state index is 0. The molecule has 0 spiro atoms. The number of benzene rings is 2. The summed E-state index contributed by atoms with van der Waals surface area (Å²) in [6, 6.07) is 9.55. The van der Waals surface area contributed by atoms with Gasteiger partial charge in [0.2, 0.25) is 5.75 Å². The van der Waals surface area contributed by atoms with Crippen LogP contribution in [0.1, 0.15) is 34.8 Å². The summed E-state index contributed by atoms with van der Waals surface area (Å²) < 4.78 is 31.7. The molecule has 0 atom stereocenters. The van der Waals surface area contributed by atoms with Crippen LogP contribution in [0.4, 0.5) is 10.1 Å². The molecule has 1 aromatic heterocycles. The SMILES string of the molecule is COc1cc(NC(=O)c2cnn(-c3cccc(F)c3)c2C2CCNCC2)cc(OC)c1OC.Cl. The molecule has 1 saturated heterocycles. The number of hydrogen-bond acceptors (Lipinski definition) is 6. The van der Waals surface area contributed by atoms with Crippen LogP contribution in [0.25, 0.3) is 5.69 Å². The summed E-state index contributed by atoms with van der Waals surface area (Å²) >= 11 is 0. The van der Waals surface area contributed by atoms with Gasteiger partial charge >= 0.3 is 0 Å². The minimum atomic E-state index is -0.359. The van der Waals surface area contributed by atoms with E-state index in [2.05, 4.69) is 15.7 Å². The van der Waals surface area contributed by atoms with E-state index in [4.69, 9.17) is 14.2 Å². The van der Waals surface area contributed by atoms with Crippen molar-refractivity contribution in [2.45, 2.75) is 18.8 Å². The van der Waals surface area contributed by atoms with Crippen molar-refractivity contribution >= 4 is 24.0 Å². The summed E-state index contributed by atoms with van der Waals surface area (Å²) in [5.74, 6) is 0.732. The van der Waals surface area contributed by atoms with Crippen LogP contribution in [-0.2, 0) is 0 Å². The molecule has 182 valence electrons. The number of carbonyl (C=O) groups is 1. The van der Waals surface area contributed by atoms with E-state index in [9.17, 15) is 9.18 Å². The number of hydrogen-bond donors (Lipinski definition) is 2. The number of ether oxygens (including phenoxy) is 3. The number of nitrogens with one attached hydrogen (secondary N) is 2. The topological polar surface area (TPSA) is 86.6 Å². The molecule has 2 N–H and O–H groups in total. The molecular weight excluding hydrogens is 463 g/mol. The first kappa shape index (κ1) is 25.3. The molecular formula is C24H28ClFN4O4. The van der Waals surface area contributed by atoms with E-state index in [1.54, 1.807) is 28.9 Å². The highest BCUT2D eigenvalue weighted by atomic mass is 35.5. The molecule has 0 unspecified atom stereocenters. The third-order valence-electron chi connectivity index (χ3n) is 5.75. The van der Waals surface area contributed by atoms with Crippen LogP contribution in [0.2, 0.25) is 0 Å². The van der Waals surface area contributed by atoms with Crippen LogP contribution in [0.5, 0.6) is 17.2 Å². The predicted octanol–water partition coefficient (Wildman–Crippen LogP) is 4.18. The van der Waals surface area contributed by atoms with Gasteiger partial charge in [-0.15, -0.1) is 12.4 Å². The number of nitrogens with zero attached hydrogens (tertiary/aromatic N) is 2. The molecule has 1 fully saturated rings. The maximum atomic E-state index is 13.9. The zero-order valence-corrected chi connectivity index (χ0v) is 20.1. The van der Waals surface area contributed by atoms with Crippen LogP contribution >= 0.6 is 12.4 Å². The Balaban J connectivity index is 0.00000324. The van der Waals surface area contributed by atoms with Gasteiger partial charge in [0.25, 0.3) is 5.91 Å². The Bertz CT molecular complexity index is 1120. The molecule has 34 heavy (non-hydrogen) atoms. The number of carbonyl (C=O) groups excluding carboxylic acids is 1. The monoisotopic (exact) mass is 490 g/mol.